The highest BCUT2D eigenvalue weighted by atomic mass is 19.2. The highest BCUT2D eigenvalue weighted by Gasteiger charge is 2.21. The van der Waals surface area contributed by atoms with Gasteiger partial charge < -0.3 is 10.0 Å². The van der Waals surface area contributed by atoms with Crippen LogP contribution in [0.1, 0.15) is 19.3 Å². The number of rotatable bonds is 3. The lowest BCUT2D eigenvalue weighted by molar-refractivity contribution is -0.138. The number of carboxylic acids is 1. The SMILES string of the molecule is O=C(O)CC1CCN(c2ccc(F)c(F)c2)CC1. The highest BCUT2D eigenvalue weighted by molar-refractivity contribution is 5.67. The van der Waals surface area contributed by atoms with Crippen LogP contribution in [0.4, 0.5) is 14.5 Å². The van der Waals surface area contributed by atoms with Crippen LogP contribution in [0.25, 0.3) is 0 Å². The van der Waals surface area contributed by atoms with E-state index < -0.39 is 17.6 Å². The summed E-state index contributed by atoms with van der Waals surface area (Å²) >= 11 is 0. The Bertz CT molecular complexity index is 443. The van der Waals surface area contributed by atoms with Crippen molar-refractivity contribution in [2.75, 3.05) is 18.0 Å². The zero-order valence-electron chi connectivity index (χ0n) is 9.90. The second-order valence-electron chi connectivity index (χ2n) is 4.63. The van der Waals surface area contributed by atoms with Crippen molar-refractivity contribution in [1.82, 2.24) is 0 Å². The second-order valence-corrected chi connectivity index (χ2v) is 4.63. The average molecular weight is 255 g/mol. The van der Waals surface area contributed by atoms with E-state index in [0.29, 0.717) is 18.8 Å². The molecule has 5 heteroatoms. The fourth-order valence-corrected chi connectivity index (χ4v) is 2.32. The molecule has 0 amide bonds. The normalized spacial score (nSPS) is 16.9. The fraction of sp³-hybridized carbons (Fsp3) is 0.462. The van der Waals surface area contributed by atoms with Crippen LogP contribution < -0.4 is 4.90 Å². The van der Waals surface area contributed by atoms with E-state index in [2.05, 4.69) is 0 Å². The smallest absolute Gasteiger partial charge is 0.303 e. The summed E-state index contributed by atoms with van der Waals surface area (Å²) in [5.41, 5.74) is 0.655. The Kier molecular flexibility index (Phi) is 3.79. The molecular formula is C13H15F2NO2. The van der Waals surface area contributed by atoms with Gasteiger partial charge in [-0.05, 0) is 30.9 Å². The van der Waals surface area contributed by atoms with Crippen molar-refractivity contribution >= 4 is 11.7 Å². The molecule has 0 atom stereocenters. The van der Waals surface area contributed by atoms with E-state index in [1.54, 1.807) is 6.07 Å². The van der Waals surface area contributed by atoms with Gasteiger partial charge in [-0.15, -0.1) is 0 Å². The van der Waals surface area contributed by atoms with Crippen molar-refractivity contribution < 1.29 is 18.7 Å². The van der Waals surface area contributed by atoms with E-state index in [4.69, 9.17) is 5.11 Å². The Hall–Kier alpha value is -1.65. The van der Waals surface area contributed by atoms with Gasteiger partial charge in [0.05, 0.1) is 0 Å². The Balaban J connectivity index is 1.96. The quantitative estimate of drug-likeness (QED) is 0.902. The Morgan fingerprint density at radius 1 is 1.28 bits per heavy atom. The van der Waals surface area contributed by atoms with Crippen LogP contribution in [0.15, 0.2) is 18.2 Å². The van der Waals surface area contributed by atoms with Gasteiger partial charge in [0, 0.05) is 31.3 Å². The molecule has 0 unspecified atom stereocenters. The predicted molar refractivity (Wildman–Crippen MR) is 63.5 cm³/mol. The Labute approximate surface area is 104 Å². The van der Waals surface area contributed by atoms with Crippen molar-refractivity contribution in [3.05, 3.63) is 29.8 Å². The van der Waals surface area contributed by atoms with E-state index in [0.717, 1.165) is 18.9 Å². The number of benzene rings is 1. The van der Waals surface area contributed by atoms with Gasteiger partial charge in [0.1, 0.15) is 0 Å². The number of piperidine rings is 1. The van der Waals surface area contributed by atoms with E-state index >= 15 is 0 Å². The minimum atomic E-state index is -0.848. The third kappa shape index (κ3) is 2.97. The van der Waals surface area contributed by atoms with Gasteiger partial charge in [-0.3, -0.25) is 4.79 Å². The number of carbonyl (C=O) groups is 1. The molecule has 0 bridgehead atoms. The summed E-state index contributed by atoms with van der Waals surface area (Å²) in [6.45, 7) is 1.37. The molecular weight excluding hydrogens is 240 g/mol. The molecule has 1 aliphatic rings. The lowest BCUT2D eigenvalue weighted by Crippen LogP contribution is -2.34. The number of nitrogens with zero attached hydrogens (tertiary/aromatic N) is 1. The Morgan fingerprint density at radius 2 is 1.94 bits per heavy atom. The maximum Gasteiger partial charge on any atom is 0.303 e. The monoisotopic (exact) mass is 255 g/mol. The van der Waals surface area contributed by atoms with Gasteiger partial charge in [0.2, 0.25) is 0 Å². The van der Waals surface area contributed by atoms with Crippen LogP contribution in [0.3, 0.4) is 0 Å². The average Bonchev–Trinajstić information content (AvgIpc) is 2.33. The minimum Gasteiger partial charge on any atom is -0.481 e. The molecule has 1 fully saturated rings. The zero-order valence-corrected chi connectivity index (χ0v) is 9.90. The van der Waals surface area contributed by atoms with Crippen molar-refractivity contribution in [3.63, 3.8) is 0 Å². The molecule has 3 nitrogen and oxygen atoms in total. The maximum atomic E-state index is 13.1. The standard InChI is InChI=1S/C13H15F2NO2/c14-11-2-1-10(8-12(11)15)16-5-3-9(4-6-16)7-13(17)18/h1-2,8-9H,3-7H2,(H,17,18). The minimum absolute atomic E-state index is 0.184. The highest BCUT2D eigenvalue weighted by Crippen LogP contribution is 2.26. The van der Waals surface area contributed by atoms with E-state index in [1.807, 2.05) is 4.90 Å². The molecule has 1 aliphatic heterocycles. The lowest BCUT2D eigenvalue weighted by atomic mass is 9.93. The van der Waals surface area contributed by atoms with E-state index in [9.17, 15) is 13.6 Å². The van der Waals surface area contributed by atoms with Crippen LogP contribution >= 0.6 is 0 Å². The van der Waals surface area contributed by atoms with Crippen LogP contribution in [0, 0.1) is 17.6 Å². The van der Waals surface area contributed by atoms with Crippen molar-refractivity contribution in [1.29, 1.82) is 0 Å². The third-order valence-corrected chi connectivity index (χ3v) is 3.35. The Morgan fingerprint density at radius 3 is 2.50 bits per heavy atom. The summed E-state index contributed by atoms with van der Waals surface area (Å²) in [6, 6.07) is 3.86. The summed E-state index contributed by atoms with van der Waals surface area (Å²) in [6.07, 6.45) is 1.72. The summed E-state index contributed by atoms with van der Waals surface area (Å²) in [5, 5.41) is 8.71. The maximum absolute atomic E-state index is 13.1. The van der Waals surface area contributed by atoms with E-state index in [-0.39, 0.29) is 12.3 Å². The molecule has 0 radical (unpaired) electrons. The molecule has 2 rings (SSSR count). The summed E-state index contributed by atoms with van der Waals surface area (Å²) in [4.78, 5) is 12.6. The number of hydrogen-bond donors (Lipinski definition) is 1. The largest absolute Gasteiger partial charge is 0.481 e. The van der Waals surface area contributed by atoms with Crippen LogP contribution in [-0.2, 0) is 4.79 Å². The van der Waals surface area contributed by atoms with Crippen molar-refractivity contribution in [2.24, 2.45) is 5.92 Å². The molecule has 98 valence electrons. The van der Waals surface area contributed by atoms with Gasteiger partial charge in [0.15, 0.2) is 11.6 Å². The number of hydrogen-bond acceptors (Lipinski definition) is 2. The first-order chi connectivity index (χ1) is 8.56. The van der Waals surface area contributed by atoms with Gasteiger partial charge in [0.25, 0.3) is 0 Å². The topological polar surface area (TPSA) is 40.5 Å². The molecule has 0 saturated carbocycles. The summed E-state index contributed by atoms with van der Waals surface area (Å²) in [7, 11) is 0. The molecule has 0 spiro atoms. The first kappa shape index (κ1) is 12.8. The number of aliphatic carboxylic acids is 1. The van der Waals surface area contributed by atoms with Crippen LogP contribution in [0.5, 0.6) is 0 Å². The van der Waals surface area contributed by atoms with Gasteiger partial charge in [-0.2, -0.15) is 0 Å². The van der Waals surface area contributed by atoms with Crippen molar-refractivity contribution in [2.45, 2.75) is 19.3 Å². The molecule has 0 aromatic heterocycles. The van der Waals surface area contributed by atoms with Gasteiger partial charge in [-0.25, -0.2) is 8.78 Å². The number of anilines is 1. The summed E-state index contributed by atoms with van der Waals surface area (Å²) < 4.78 is 25.9. The molecule has 1 aromatic rings. The zero-order chi connectivity index (χ0) is 13.1. The van der Waals surface area contributed by atoms with E-state index in [1.165, 1.54) is 6.07 Å². The third-order valence-electron chi connectivity index (χ3n) is 3.35. The van der Waals surface area contributed by atoms with Crippen LogP contribution in [0.2, 0.25) is 0 Å². The molecule has 18 heavy (non-hydrogen) atoms. The fourth-order valence-electron chi connectivity index (χ4n) is 2.32. The summed E-state index contributed by atoms with van der Waals surface area (Å²) in [5.74, 6) is -2.29. The predicted octanol–water partition coefficient (Wildman–Crippen LogP) is 2.66. The molecule has 1 heterocycles. The molecule has 1 N–H and O–H groups in total. The number of carboxylic acid groups (broad SMARTS) is 1. The first-order valence-electron chi connectivity index (χ1n) is 5.98. The lowest BCUT2D eigenvalue weighted by Gasteiger charge is -2.33. The molecule has 0 aliphatic carbocycles. The van der Waals surface area contributed by atoms with Crippen molar-refractivity contribution in [3.8, 4) is 0 Å². The molecule has 1 aromatic carbocycles. The first-order valence-corrected chi connectivity index (χ1v) is 5.98. The van der Waals surface area contributed by atoms with Crippen LogP contribution in [-0.4, -0.2) is 24.2 Å². The second kappa shape index (κ2) is 5.33. The number of halogens is 2. The van der Waals surface area contributed by atoms with Gasteiger partial charge >= 0.3 is 5.97 Å². The van der Waals surface area contributed by atoms with Gasteiger partial charge in [-0.1, -0.05) is 0 Å². The molecule has 1 saturated heterocycles.